The Balaban J connectivity index is 2.39. The van der Waals surface area contributed by atoms with Crippen LogP contribution in [0.5, 0.6) is 0 Å². The minimum atomic E-state index is 0.973. The number of anilines is 1. The molecule has 1 aromatic rings. The average Bonchev–Trinajstić information content (AvgIpc) is 2.33. The van der Waals surface area contributed by atoms with E-state index in [1.54, 1.807) is 6.26 Å². The van der Waals surface area contributed by atoms with Crippen LogP contribution in [0, 0.1) is 0 Å². The zero-order chi connectivity index (χ0) is 6.10. The summed E-state index contributed by atoms with van der Waals surface area (Å²) >= 11 is 0. The van der Waals surface area contributed by atoms with Crippen molar-refractivity contribution in [3.63, 3.8) is 0 Å². The van der Waals surface area contributed by atoms with Crippen LogP contribution < -0.4 is 5.32 Å². The summed E-state index contributed by atoms with van der Waals surface area (Å²) in [5.74, 6) is 0.973. The lowest BCUT2D eigenvalue weighted by molar-refractivity contribution is 0.567. The Morgan fingerprint density at radius 2 is 2.56 bits per heavy atom. The summed E-state index contributed by atoms with van der Waals surface area (Å²) in [5.41, 5.74) is 1.32. The molecule has 2 heterocycles. The first-order chi connectivity index (χ1) is 4.47. The van der Waals surface area contributed by atoms with Crippen molar-refractivity contribution in [1.29, 1.82) is 0 Å². The topological polar surface area (TPSA) is 25.2 Å². The number of aryl methyl sites for hydroxylation is 1. The maximum Gasteiger partial charge on any atom is 0.195 e. The van der Waals surface area contributed by atoms with E-state index in [4.69, 9.17) is 4.42 Å². The molecule has 1 aromatic heterocycles. The smallest absolute Gasteiger partial charge is 0.195 e. The summed E-state index contributed by atoms with van der Waals surface area (Å²) in [4.78, 5) is 0. The second kappa shape index (κ2) is 1.79. The van der Waals surface area contributed by atoms with Gasteiger partial charge in [-0.3, -0.25) is 0 Å². The molecule has 0 radical (unpaired) electrons. The van der Waals surface area contributed by atoms with Crippen molar-refractivity contribution in [3.8, 4) is 0 Å². The SMILES string of the molecule is c1cc2c(o1)NCCC2. The first-order valence-electron chi connectivity index (χ1n) is 3.27. The van der Waals surface area contributed by atoms with Gasteiger partial charge in [0, 0.05) is 12.1 Å². The normalized spacial score (nSPS) is 16.4. The molecule has 2 rings (SSSR count). The largest absolute Gasteiger partial charge is 0.449 e. The highest BCUT2D eigenvalue weighted by molar-refractivity contribution is 5.42. The monoisotopic (exact) mass is 123 g/mol. The number of furan rings is 1. The molecule has 0 aromatic carbocycles. The van der Waals surface area contributed by atoms with Crippen molar-refractivity contribution < 1.29 is 4.42 Å². The van der Waals surface area contributed by atoms with Crippen LogP contribution in [0.3, 0.4) is 0 Å². The van der Waals surface area contributed by atoms with Gasteiger partial charge in [-0.1, -0.05) is 0 Å². The second-order valence-electron chi connectivity index (χ2n) is 2.31. The van der Waals surface area contributed by atoms with E-state index in [0.717, 1.165) is 12.4 Å². The predicted octanol–water partition coefficient (Wildman–Crippen LogP) is 1.64. The molecule has 1 N–H and O–H groups in total. The van der Waals surface area contributed by atoms with Crippen molar-refractivity contribution in [1.82, 2.24) is 0 Å². The Labute approximate surface area is 53.9 Å². The highest BCUT2D eigenvalue weighted by Gasteiger charge is 2.09. The van der Waals surface area contributed by atoms with Crippen molar-refractivity contribution in [2.45, 2.75) is 12.8 Å². The van der Waals surface area contributed by atoms with Gasteiger partial charge in [-0.2, -0.15) is 0 Å². The predicted molar refractivity (Wildman–Crippen MR) is 35.5 cm³/mol. The molecule has 0 aliphatic carbocycles. The number of hydrogen-bond donors (Lipinski definition) is 1. The number of hydrogen-bond acceptors (Lipinski definition) is 2. The molecule has 0 saturated carbocycles. The Kier molecular flexibility index (Phi) is 0.979. The van der Waals surface area contributed by atoms with Gasteiger partial charge < -0.3 is 9.73 Å². The second-order valence-corrected chi connectivity index (χ2v) is 2.31. The summed E-state index contributed by atoms with van der Waals surface area (Å²) in [6.07, 6.45) is 4.13. The molecule has 0 amide bonds. The molecule has 0 unspecified atom stereocenters. The molecule has 2 heteroatoms. The number of nitrogens with one attached hydrogen (secondary N) is 1. The molecule has 48 valence electrons. The number of fused-ring (bicyclic) bond motifs is 1. The van der Waals surface area contributed by atoms with Crippen LogP contribution in [0.1, 0.15) is 12.0 Å². The van der Waals surface area contributed by atoms with Crippen molar-refractivity contribution in [3.05, 3.63) is 17.9 Å². The molecule has 1 aliphatic heterocycles. The molecule has 1 aliphatic rings. The van der Waals surface area contributed by atoms with E-state index in [9.17, 15) is 0 Å². The Bertz CT molecular complexity index is 184. The standard InChI is InChI=1S/C7H9NO/c1-2-6-3-5-9-7(6)8-4-1/h3,5,8H,1-2,4H2. The van der Waals surface area contributed by atoms with Gasteiger partial charge in [0.25, 0.3) is 0 Å². The Morgan fingerprint density at radius 3 is 3.44 bits per heavy atom. The fourth-order valence-corrected chi connectivity index (χ4v) is 1.17. The van der Waals surface area contributed by atoms with Crippen LogP contribution >= 0.6 is 0 Å². The van der Waals surface area contributed by atoms with E-state index in [-0.39, 0.29) is 0 Å². The van der Waals surface area contributed by atoms with Crippen LogP contribution in [-0.4, -0.2) is 6.54 Å². The molecular formula is C7H9NO. The van der Waals surface area contributed by atoms with E-state index in [0.29, 0.717) is 0 Å². The van der Waals surface area contributed by atoms with Gasteiger partial charge in [-0.05, 0) is 18.9 Å². The highest BCUT2D eigenvalue weighted by atomic mass is 16.3. The third kappa shape index (κ3) is 0.707. The summed E-state index contributed by atoms with van der Waals surface area (Å²) in [7, 11) is 0. The lowest BCUT2D eigenvalue weighted by Gasteiger charge is -2.10. The molecule has 2 nitrogen and oxygen atoms in total. The van der Waals surface area contributed by atoms with Crippen LogP contribution in [0.25, 0.3) is 0 Å². The molecule has 0 saturated heterocycles. The van der Waals surface area contributed by atoms with Gasteiger partial charge in [0.2, 0.25) is 0 Å². The maximum absolute atomic E-state index is 5.14. The van der Waals surface area contributed by atoms with E-state index in [1.165, 1.54) is 18.4 Å². The maximum atomic E-state index is 5.14. The van der Waals surface area contributed by atoms with E-state index in [1.807, 2.05) is 6.07 Å². The third-order valence-corrected chi connectivity index (χ3v) is 1.66. The van der Waals surface area contributed by atoms with Crippen LogP contribution in [0.4, 0.5) is 5.88 Å². The molecular weight excluding hydrogens is 114 g/mol. The summed E-state index contributed by atoms with van der Waals surface area (Å²) in [6, 6.07) is 2.03. The zero-order valence-corrected chi connectivity index (χ0v) is 5.18. The quantitative estimate of drug-likeness (QED) is 0.567. The van der Waals surface area contributed by atoms with E-state index < -0.39 is 0 Å². The summed E-state index contributed by atoms with van der Waals surface area (Å²) in [6.45, 7) is 1.06. The van der Waals surface area contributed by atoms with Gasteiger partial charge in [0.15, 0.2) is 5.88 Å². The summed E-state index contributed by atoms with van der Waals surface area (Å²) in [5, 5.41) is 3.18. The van der Waals surface area contributed by atoms with Gasteiger partial charge in [-0.15, -0.1) is 0 Å². The fraction of sp³-hybridized carbons (Fsp3) is 0.429. The van der Waals surface area contributed by atoms with Crippen LogP contribution in [0.15, 0.2) is 16.7 Å². The van der Waals surface area contributed by atoms with E-state index >= 15 is 0 Å². The van der Waals surface area contributed by atoms with Gasteiger partial charge >= 0.3 is 0 Å². The molecule has 0 fully saturated rings. The zero-order valence-electron chi connectivity index (χ0n) is 5.18. The summed E-state index contributed by atoms with van der Waals surface area (Å²) < 4.78 is 5.14. The lowest BCUT2D eigenvalue weighted by Crippen LogP contribution is -2.08. The van der Waals surface area contributed by atoms with E-state index in [2.05, 4.69) is 5.32 Å². The van der Waals surface area contributed by atoms with Crippen LogP contribution in [-0.2, 0) is 6.42 Å². The lowest BCUT2D eigenvalue weighted by atomic mass is 10.1. The minimum absolute atomic E-state index is 0.973. The highest BCUT2D eigenvalue weighted by Crippen LogP contribution is 2.21. The first-order valence-corrected chi connectivity index (χ1v) is 3.27. The average molecular weight is 123 g/mol. The fourth-order valence-electron chi connectivity index (χ4n) is 1.17. The molecule has 0 atom stereocenters. The Morgan fingerprint density at radius 1 is 1.56 bits per heavy atom. The van der Waals surface area contributed by atoms with Crippen LogP contribution in [0.2, 0.25) is 0 Å². The molecule has 9 heavy (non-hydrogen) atoms. The Hall–Kier alpha value is -0.920. The third-order valence-electron chi connectivity index (χ3n) is 1.66. The molecule has 0 bridgehead atoms. The van der Waals surface area contributed by atoms with Gasteiger partial charge in [0.05, 0.1) is 6.26 Å². The first kappa shape index (κ1) is 4.91. The minimum Gasteiger partial charge on any atom is -0.449 e. The molecule has 0 spiro atoms. The van der Waals surface area contributed by atoms with Gasteiger partial charge in [-0.25, -0.2) is 0 Å². The van der Waals surface area contributed by atoms with Crippen molar-refractivity contribution >= 4 is 5.88 Å². The number of rotatable bonds is 0. The van der Waals surface area contributed by atoms with Gasteiger partial charge in [0.1, 0.15) is 0 Å². The van der Waals surface area contributed by atoms with Crippen molar-refractivity contribution in [2.75, 3.05) is 11.9 Å². The van der Waals surface area contributed by atoms with Crippen molar-refractivity contribution in [2.24, 2.45) is 0 Å².